The van der Waals surface area contributed by atoms with Crippen LogP contribution in [0.3, 0.4) is 0 Å². The third-order valence-corrected chi connectivity index (χ3v) is 4.11. The summed E-state index contributed by atoms with van der Waals surface area (Å²) in [5.41, 5.74) is 1.28. The molecule has 1 aliphatic carbocycles. The fraction of sp³-hybridized carbons (Fsp3) is 0.800. The fourth-order valence-corrected chi connectivity index (χ4v) is 3.10. The Hall–Kier alpha value is -0.870. The first-order valence-corrected chi connectivity index (χ1v) is 7.69. The lowest BCUT2D eigenvalue weighted by atomic mass is 9.94. The Morgan fingerprint density at radius 3 is 2.84 bits per heavy atom. The van der Waals surface area contributed by atoms with E-state index >= 15 is 0 Å². The van der Waals surface area contributed by atoms with Crippen LogP contribution in [0.4, 0.5) is 0 Å². The van der Waals surface area contributed by atoms with E-state index in [4.69, 9.17) is 0 Å². The predicted octanol–water partition coefficient (Wildman–Crippen LogP) is 2.42. The van der Waals surface area contributed by atoms with Gasteiger partial charge in [-0.05, 0) is 19.3 Å². The van der Waals surface area contributed by atoms with Gasteiger partial charge >= 0.3 is 0 Å². The van der Waals surface area contributed by atoms with Crippen LogP contribution >= 0.6 is 0 Å². The third kappa shape index (κ3) is 4.05. The van der Waals surface area contributed by atoms with Crippen LogP contribution in [0.15, 0.2) is 12.5 Å². The van der Waals surface area contributed by atoms with Crippen LogP contribution in [0, 0.1) is 0 Å². The number of aliphatic hydroxyl groups is 1. The number of hydrogen-bond donors (Lipinski definition) is 1. The van der Waals surface area contributed by atoms with Gasteiger partial charge in [0.1, 0.15) is 0 Å². The van der Waals surface area contributed by atoms with E-state index in [-0.39, 0.29) is 6.61 Å². The molecule has 0 atom stereocenters. The van der Waals surface area contributed by atoms with Crippen molar-refractivity contribution >= 4 is 0 Å². The van der Waals surface area contributed by atoms with Crippen LogP contribution in [0.1, 0.15) is 51.1 Å². The average molecular weight is 265 g/mol. The molecule has 0 spiro atoms. The van der Waals surface area contributed by atoms with Gasteiger partial charge in [-0.3, -0.25) is 4.90 Å². The minimum Gasteiger partial charge on any atom is -0.395 e. The molecule has 0 radical (unpaired) electrons. The highest BCUT2D eigenvalue weighted by Crippen LogP contribution is 2.23. The number of aliphatic hydroxyl groups excluding tert-OH is 1. The van der Waals surface area contributed by atoms with Crippen molar-refractivity contribution in [1.29, 1.82) is 0 Å². The molecule has 0 amide bonds. The lowest BCUT2D eigenvalue weighted by Gasteiger charge is -2.34. The zero-order valence-electron chi connectivity index (χ0n) is 12.1. The van der Waals surface area contributed by atoms with Crippen molar-refractivity contribution in [1.82, 2.24) is 14.5 Å². The number of imidazole rings is 1. The Balaban J connectivity index is 2.00. The lowest BCUT2D eigenvalue weighted by Crippen LogP contribution is -2.38. The first kappa shape index (κ1) is 14.5. The van der Waals surface area contributed by atoms with Crippen LogP contribution in [0.25, 0.3) is 0 Å². The second-order valence-corrected chi connectivity index (χ2v) is 5.56. The van der Waals surface area contributed by atoms with E-state index in [0.29, 0.717) is 6.04 Å². The highest BCUT2D eigenvalue weighted by Gasteiger charge is 2.21. The average Bonchev–Trinajstić information content (AvgIpc) is 2.87. The maximum atomic E-state index is 9.30. The quantitative estimate of drug-likeness (QED) is 0.823. The monoisotopic (exact) mass is 265 g/mol. The first-order chi connectivity index (χ1) is 9.35. The van der Waals surface area contributed by atoms with E-state index in [1.807, 2.05) is 12.5 Å². The summed E-state index contributed by atoms with van der Waals surface area (Å²) < 4.78 is 2.24. The number of aromatic nitrogens is 2. The van der Waals surface area contributed by atoms with Crippen molar-refractivity contribution in [3.63, 3.8) is 0 Å². The number of rotatable bonds is 7. The zero-order valence-corrected chi connectivity index (χ0v) is 12.1. The molecule has 1 fully saturated rings. The predicted molar refractivity (Wildman–Crippen MR) is 76.9 cm³/mol. The molecular formula is C15H27N3O. The molecule has 1 heterocycles. The van der Waals surface area contributed by atoms with Crippen LogP contribution in [-0.4, -0.2) is 38.8 Å². The molecule has 1 aromatic heterocycles. The van der Waals surface area contributed by atoms with Crippen molar-refractivity contribution in [3.8, 4) is 0 Å². The topological polar surface area (TPSA) is 41.3 Å². The van der Waals surface area contributed by atoms with Gasteiger partial charge < -0.3 is 9.67 Å². The lowest BCUT2D eigenvalue weighted by molar-refractivity contribution is 0.114. The van der Waals surface area contributed by atoms with E-state index in [1.54, 1.807) is 0 Å². The van der Waals surface area contributed by atoms with Crippen LogP contribution in [-0.2, 0) is 13.1 Å². The fourth-order valence-electron chi connectivity index (χ4n) is 3.10. The summed E-state index contributed by atoms with van der Waals surface area (Å²) in [4.78, 5) is 6.72. The SMILES string of the molecule is CCCn1cncc1CN(CCO)C1CCCCC1. The molecule has 0 aromatic carbocycles. The van der Waals surface area contributed by atoms with Crippen LogP contribution < -0.4 is 0 Å². The molecule has 1 N–H and O–H groups in total. The number of hydrogen-bond acceptors (Lipinski definition) is 3. The van der Waals surface area contributed by atoms with Crippen molar-refractivity contribution < 1.29 is 5.11 Å². The maximum Gasteiger partial charge on any atom is 0.0948 e. The Morgan fingerprint density at radius 2 is 2.16 bits per heavy atom. The number of aryl methyl sites for hydroxylation is 1. The molecule has 0 unspecified atom stereocenters. The summed E-state index contributed by atoms with van der Waals surface area (Å²) in [6.07, 6.45) is 11.6. The van der Waals surface area contributed by atoms with Gasteiger partial charge in [-0.25, -0.2) is 4.98 Å². The van der Waals surface area contributed by atoms with E-state index in [2.05, 4.69) is 21.4 Å². The van der Waals surface area contributed by atoms with E-state index in [0.717, 1.165) is 26.1 Å². The van der Waals surface area contributed by atoms with E-state index < -0.39 is 0 Å². The number of nitrogens with zero attached hydrogens (tertiary/aromatic N) is 3. The van der Waals surface area contributed by atoms with E-state index in [1.165, 1.54) is 37.8 Å². The minimum absolute atomic E-state index is 0.248. The minimum atomic E-state index is 0.248. The summed E-state index contributed by atoms with van der Waals surface area (Å²) in [6.45, 7) is 5.18. The second-order valence-electron chi connectivity index (χ2n) is 5.56. The van der Waals surface area contributed by atoms with Gasteiger partial charge in [-0.2, -0.15) is 0 Å². The first-order valence-electron chi connectivity index (χ1n) is 7.69. The Bertz CT molecular complexity index is 358. The van der Waals surface area contributed by atoms with Crippen molar-refractivity contribution in [3.05, 3.63) is 18.2 Å². The molecule has 0 saturated heterocycles. The highest BCUT2D eigenvalue weighted by molar-refractivity contribution is 4.99. The third-order valence-electron chi connectivity index (χ3n) is 4.11. The normalized spacial score (nSPS) is 17.2. The van der Waals surface area contributed by atoms with Crippen LogP contribution in [0.5, 0.6) is 0 Å². The summed E-state index contributed by atoms with van der Waals surface area (Å²) in [7, 11) is 0. The van der Waals surface area contributed by atoms with Gasteiger partial charge in [-0.1, -0.05) is 26.2 Å². The molecule has 108 valence electrons. The molecule has 1 aliphatic rings. The molecule has 1 aromatic rings. The van der Waals surface area contributed by atoms with Gasteiger partial charge in [0.15, 0.2) is 0 Å². The van der Waals surface area contributed by atoms with Gasteiger partial charge in [0.25, 0.3) is 0 Å². The van der Waals surface area contributed by atoms with Crippen molar-refractivity contribution in [2.24, 2.45) is 0 Å². The highest BCUT2D eigenvalue weighted by atomic mass is 16.3. The Labute approximate surface area is 116 Å². The largest absolute Gasteiger partial charge is 0.395 e. The molecular weight excluding hydrogens is 238 g/mol. The molecule has 0 aliphatic heterocycles. The summed E-state index contributed by atoms with van der Waals surface area (Å²) >= 11 is 0. The van der Waals surface area contributed by atoms with Gasteiger partial charge in [0, 0.05) is 31.9 Å². The molecule has 0 bridgehead atoms. The summed E-state index contributed by atoms with van der Waals surface area (Å²) in [6, 6.07) is 0.644. The maximum absolute atomic E-state index is 9.30. The Morgan fingerprint density at radius 1 is 1.37 bits per heavy atom. The smallest absolute Gasteiger partial charge is 0.0948 e. The Kier molecular flexibility index (Phi) is 5.86. The molecule has 2 rings (SSSR count). The van der Waals surface area contributed by atoms with Gasteiger partial charge in [0.2, 0.25) is 0 Å². The summed E-state index contributed by atoms with van der Waals surface area (Å²) in [5.74, 6) is 0. The van der Waals surface area contributed by atoms with Crippen LogP contribution in [0.2, 0.25) is 0 Å². The molecule has 4 nitrogen and oxygen atoms in total. The standard InChI is InChI=1S/C15H27N3O/c1-2-8-18-13-16-11-15(18)12-17(9-10-19)14-6-4-3-5-7-14/h11,13-14,19H,2-10,12H2,1H3. The summed E-state index contributed by atoms with van der Waals surface area (Å²) in [5, 5.41) is 9.30. The molecule has 1 saturated carbocycles. The van der Waals surface area contributed by atoms with E-state index in [9.17, 15) is 5.11 Å². The second kappa shape index (κ2) is 7.65. The zero-order chi connectivity index (χ0) is 13.5. The van der Waals surface area contributed by atoms with Gasteiger partial charge in [0.05, 0.1) is 18.6 Å². The van der Waals surface area contributed by atoms with Gasteiger partial charge in [-0.15, -0.1) is 0 Å². The van der Waals surface area contributed by atoms with Crippen molar-refractivity contribution in [2.45, 2.75) is 64.6 Å². The van der Waals surface area contributed by atoms with Crippen molar-refractivity contribution in [2.75, 3.05) is 13.2 Å². The molecule has 4 heteroatoms. The molecule has 19 heavy (non-hydrogen) atoms.